The summed E-state index contributed by atoms with van der Waals surface area (Å²) in [7, 11) is 0. The van der Waals surface area contributed by atoms with Crippen molar-refractivity contribution in [3.05, 3.63) is 29.0 Å². The predicted octanol–water partition coefficient (Wildman–Crippen LogP) is 1.76. The predicted molar refractivity (Wildman–Crippen MR) is 67.5 cm³/mol. The molecule has 1 amide bonds. The third kappa shape index (κ3) is 3.70. The minimum atomic E-state index is -0.437. The number of amides is 1. The Bertz CT molecular complexity index is 437. The van der Waals surface area contributed by atoms with Crippen molar-refractivity contribution in [2.45, 2.75) is 13.8 Å². The van der Waals surface area contributed by atoms with Gasteiger partial charge in [0, 0.05) is 12.7 Å². The molecule has 18 heavy (non-hydrogen) atoms. The number of rotatable bonds is 5. The van der Waals surface area contributed by atoms with Gasteiger partial charge in [-0.15, -0.1) is 0 Å². The van der Waals surface area contributed by atoms with Crippen LogP contribution in [0.2, 0.25) is 5.15 Å². The second kappa shape index (κ2) is 6.96. The highest BCUT2D eigenvalue weighted by molar-refractivity contribution is 6.32. The maximum Gasteiger partial charge on any atom is 0.325 e. The fourth-order valence-electron chi connectivity index (χ4n) is 1.41. The van der Waals surface area contributed by atoms with E-state index in [1.807, 2.05) is 0 Å². The maximum absolute atomic E-state index is 12.1. The lowest BCUT2D eigenvalue weighted by Crippen LogP contribution is -2.36. The summed E-state index contributed by atoms with van der Waals surface area (Å²) >= 11 is 5.84. The van der Waals surface area contributed by atoms with E-state index in [1.54, 1.807) is 26.0 Å². The smallest absolute Gasteiger partial charge is 0.325 e. The van der Waals surface area contributed by atoms with Crippen molar-refractivity contribution in [2.75, 3.05) is 19.7 Å². The molecule has 0 radical (unpaired) electrons. The molecule has 1 aromatic heterocycles. The Morgan fingerprint density at radius 1 is 1.44 bits per heavy atom. The lowest BCUT2D eigenvalue weighted by atomic mass is 10.2. The molecule has 0 unspecified atom stereocenters. The Kier molecular flexibility index (Phi) is 5.58. The molecule has 5 nitrogen and oxygen atoms in total. The molecule has 0 aliphatic heterocycles. The molecule has 0 saturated carbocycles. The van der Waals surface area contributed by atoms with E-state index in [0.717, 1.165) is 0 Å². The molecular formula is C12H15ClN2O3. The summed E-state index contributed by atoms with van der Waals surface area (Å²) < 4.78 is 4.81. The molecule has 0 saturated heterocycles. The number of likely N-dealkylation sites (N-methyl/N-ethyl adjacent to an activating group) is 1. The quantitative estimate of drug-likeness (QED) is 0.604. The van der Waals surface area contributed by atoms with Crippen molar-refractivity contribution in [2.24, 2.45) is 0 Å². The van der Waals surface area contributed by atoms with Gasteiger partial charge in [0.2, 0.25) is 0 Å². The minimum absolute atomic E-state index is 0.0889. The minimum Gasteiger partial charge on any atom is -0.465 e. The first-order valence-electron chi connectivity index (χ1n) is 5.65. The Morgan fingerprint density at radius 3 is 2.72 bits per heavy atom. The summed E-state index contributed by atoms with van der Waals surface area (Å²) in [5.41, 5.74) is 0.283. The van der Waals surface area contributed by atoms with Crippen LogP contribution < -0.4 is 0 Å². The van der Waals surface area contributed by atoms with Crippen molar-refractivity contribution < 1.29 is 14.3 Å². The van der Waals surface area contributed by atoms with E-state index in [9.17, 15) is 9.59 Å². The van der Waals surface area contributed by atoms with Crippen LogP contribution in [0, 0.1) is 0 Å². The summed E-state index contributed by atoms with van der Waals surface area (Å²) in [4.78, 5) is 28.7. The number of hydrogen-bond donors (Lipinski definition) is 0. The van der Waals surface area contributed by atoms with Gasteiger partial charge in [-0.25, -0.2) is 4.98 Å². The van der Waals surface area contributed by atoms with Gasteiger partial charge in [0.1, 0.15) is 11.7 Å². The van der Waals surface area contributed by atoms with Gasteiger partial charge in [0.15, 0.2) is 0 Å². The zero-order valence-electron chi connectivity index (χ0n) is 10.4. The highest BCUT2D eigenvalue weighted by atomic mass is 35.5. The molecule has 1 aromatic rings. The fraction of sp³-hybridized carbons (Fsp3) is 0.417. The fourth-order valence-corrected chi connectivity index (χ4v) is 1.61. The zero-order chi connectivity index (χ0) is 13.5. The summed E-state index contributed by atoms with van der Waals surface area (Å²) in [6, 6.07) is 3.20. The van der Waals surface area contributed by atoms with Crippen molar-refractivity contribution >= 4 is 23.5 Å². The summed E-state index contributed by atoms with van der Waals surface area (Å²) in [6.07, 6.45) is 1.50. The Balaban J connectivity index is 2.80. The van der Waals surface area contributed by atoms with Gasteiger partial charge in [-0.05, 0) is 26.0 Å². The highest BCUT2D eigenvalue weighted by Crippen LogP contribution is 2.14. The second-order valence-electron chi connectivity index (χ2n) is 3.47. The second-order valence-corrected chi connectivity index (χ2v) is 3.82. The van der Waals surface area contributed by atoms with Gasteiger partial charge in [-0.1, -0.05) is 11.6 Å². The van der Waals surface area contributed by atoms with Crippen LogP contribution in [0.15, 0.2) is 18.3 Å². The first-order valence-corrected chi connectivity index (χ1v) is 6.03. The van der Waals surface area contributed by atoms with Gasteiger partial charge >= 0.3 is 5.97 Å². The highest BCUT2D eigenvalue weighted by Gasteiger charge is 2.20. The monoisotopic (exact) mass is 270 g/mol. The number of carbonyl (C=O) groups is 2. The number of esters is 1. The topological polar surface area (TPSA) is 59.5 Å². The first-order chi connectivity index (χ1) is 8.60. The lowest BCUT2D eigenvalue weighted by Gasteiger charge is -2.19. The molecule has 0 N–H and O–H groups in total. The normalized spacial score (nSPS) is 9.94. The molecule has 6 heteroatoms. The number of hydrogen-bond acceptors (Lipinski definition) is 4. The Morgan fingerprint density at radius 2 is 2.17 bits per heavy atom. The number of nitrogens with zero attached hydrogens (tertiary/aromatic N) is 2. The van der Waals surface area contributed by atoms with E-state index in [2.05, 4.69) is 4.98 Å². The first kappa shape index (κ1) is 14.4. The lowest BCUT2D eigenvalue weighted by molar-refractivity contribution is -0.143. The Hall–Kier alpha value is -1.62. The average molecular weight is 271 g/mol. The van der Waals surface area contributed by atoms with Crippen LogP contribution in [0.5, 0.6) is 0 Å². The summed E-state index contributed by atoms with van der Waals surface area (Å²) in [5, 5.41) is 0.129. The Labute approximate surface area is 111 Å². The SMILES string of the molecule is CCOC(=O)CN(CC)C(=O)c1cccnc1Cl. The average Bonchev–Trinajstić information content (AvgIpc) is 2.36. The molecule has 0 spiro atoms. The van der Waals surface area contributed by atoms with E-state index in [4.69, 9.17) is 16.3 Å². The maximum atomic E-state index is 12.1. The van der Waals surface area contributed by atoms with Gasteiger partial charge < -0.3 is 9.64 Å². The molecule has 98 valence electrons. The molecule has 0 atom stereocenters. The third-order valence-corrected chi connectivity index (χ3v) is 2.58. The molecule has 0 bridgehead atoms. The van der Waals surface area contributed by atoms with E-state index in [1.165, 1.54) is 11.1 Å². The van der Waals surface area contributed by atoms with Crippen molar-refractivity contribution in [1.29, 1.82) is 0 Å². The largest absolute Gasteiger partial charge is 0.465 e. The van der Waals surface area contributed by atoms with Gasteiger partial charge in [-0.2, -0.15) is 0 Å². The van der Waals surface area contributed by atoms with E-state index in [0.29, 0.717) is 6.54 Å². The van der Waals surface area contributed by atoms with Crippen LogP contribution in [0.3, 0.4) is 0 Å². The molecule has 1 heterocycles. The van der Waals surface area contributed by atoms with Gasteiger partial charge in [0.05, 0.1) is 12.2 Å². The van der Waals surface area contributed by atoms with Gasteiger partial charge in [0.25, 0.3) is 5.91 Å². The number of pyridine rings is 1. The molecule has 0 fully saturated rings. The molecule has 0 aliphatic rings. The van der Waals surface area contributed by atoms with Crippen LogP contribution in [0.4, 0.5) is 0 Å². The number of ether oxygens (including phenoxy) is 1. The van der Waals surface area contributed by atoms with Crippen molar-refractivity contribution in [1.82, 2.24) is 9.88 Å². The summed E-state index contributed by atoms with van der Waals surface area (Å²) in [5.74, 6) is -0.767. The van der Waals surface area contributed by atoms with Gasteiger partial charge in [-0.3, -0.25) is 9.59 Å². The van der Waals surface area contributed by atoms with Crippen LogP contribution in [0.1, 0.15) is 24.2 Å². The molecular weight excluding hydrogens is 256 g/mol. The number of carbonyl (C=O) groups excluding carboxylic acids is 2. The molecule has 0 aliphatic carbocycles. The van der Waals surface area contributed by atoms with Crippen molar-refractivity contribution in [3.8, 4) is 0 Å². The van der Waals surface area contributed by atoms with Crippen LogP contribution in [0.25, 0.3) is 0 Å². The summed E-state index contributed by atoms with van der Waals surface area (Å²) in [6.45, 7) is 4.09. The number of halogens is 1. The van der Waals surface area contributed by atoms with E-state index >= 15 is 0 Å². The van der Waals surface area contributed by atoms with Crippen molar-refractivity contribution in [3.63, 3.8) is 0 Å². The molecule has 0 aromatic carbocycles. The van der Waals surface area contributed by atoms with Crippen LogP contribution in [-0.4, -0.2) is 41.5 Å². The van der Waals surface area contributed by atoms with Crippen LogP contribution >= 0.6 is 11.6 Å². The van der Waals surface area contributed by atoms with Crippen LogP contribution in [-0.2, 0) is 9.53 Å². The standard InChI is InChI=1S/C12H15ClN2O3/c1-3-15(8-10(16)18-4-2)12(17)9-6-5-7-14-11(9)13/h5-7H,3-4,8H2,1-2H3. The zero-order valence-corrected chi connectivity index (χ0v) is 11.1. The number of aromatic nitrogens is 1. The third-order valence-electron chi connectivity index (χ3n) is 2.28. The molecule has 1 rings (SSSR count). The van der Waals surface area contributed by atoms with E-state index < -0.39 is 5.97 Å². The van der Waals surface area contributed by atoms with E-state index in [-0.39, 0.29) is 29.8 Å².